The molecule has 2 unspecified atom stereocenters. The molecule has 3 aliphatic rings. The largest absolute Gasteiger partial charge is 0.316 e. The number of rotatable bonds is 4. The summed E-state index contributed by atoms with van der Waals surface area (Å²) >= 11 is 0. The first kappa shape index (κ1) is 14.8. The molecule has 0 amide bonds. The lowest BCUT2D eigenvalue weighted by Crippen LogP contribution is -2.44. The van der Waals surface area contributed by atoms with Crippen LogP contribution in [0, 0.1) is 11.3 Å². The van der Waals surface area contributed by atoms with E-state index >= 15 is 0 Å². The minimum atomic E-state index is 0.594. The van der Waals surface area contributed by atoms with Crippen LogP contribution in [0.4, 0.5) is 0 Å². The number of nitrogens with zero attached hydrogens (tertiary/aromatic N) is 1. The number of piperidine rings is 1. The van der Waals surface area contributed by atoms with Crippen LogP contribution >= 0.6 is 0 Å². The lowest BCUT2D eigenvalue weighted by atomic mass is 9.85. The molecule has 20 heavy (non-hydrogen) atoms. The second kappa shape index (κ2) is 6.36. The summed E-state index contributed by atoms with van der Waals surface area (Å²) in [6.45, 7) is 8.84. The number of nitrogens with one attached hydrogen (secondary N) is 1. The van der Waals surface area contributed by atoms with E-state index in [0.717, 1.165) is 18.0 Å². The zero-order chi connectivity index (χ0) is 14.0. The fraction of sp³-hybridized carbons (Fsp3) is 1.00. The fourth-order valence-corrected chi connectivity index (χ4v) is 4.36. The van der Waals surface area contributed by atoms with Crippen LogP contribution in [0.15, 0.2) is 0 Å². The molecule has 0 aromatic carbocycles. The predicted molar refractivity (Wildman–Crippen MR) is 86.0 cm³/mol. The highest BCUT2D eigenvalue weighted by atomic mass is 15.2. The summed E-state index contributed by atoms with van der Waals surface area (Å²) in [6.07, 6.45) is 13.0. The van der Waals surface area contributed by atoms with Gasteiger partial charge in [0.15, 0.2) is 0 Å². The van der Waals surface area contributed by atoms with Gasteiger partial charge in [0.25, 0.3) is 0 Å². The Hall–Kier alpha value is -0.0800. The Morgan fingerprint density at radius 3 is 2.45 bits per heavy atom. The average molecular weight is 278 g/mol. The van der Waals surface area contributed by atoms with Gasteiger partial charge in [-0.25, -0.2) is 0 Å². The van der Waals surface area contributed by atoms with Gasteiger partial charge in [-0.15, -0.1) is 0 Å². The first-order valence-electron chi connectivity index (χ1n) is 9.10. The monoisotopic (exact) mass is 278 g/mol. The van der Waals surface area contributed by atoms with Crippen molar-refractivity contribution in [2.24, 2.45) is 11.3 Å². The lowest BCUT2D eigenvalue weighted by Gasteiger charge is -2.36. The van der Waals surface area contributed by atoms with E-state index in [-0.39, 0.29) is 0 Å². The van der Waals surface area contributed by atoms with E-state index in [2.05, 4.69) is 24.1 Å². The molecule has 2 atom stereocenters. The second-order valence-electron chi connectivity index (χ2n) is 8.39. The van der Waals surface area contributed by atoms with Crippen LogP contribution in [-0.4, -0.2) is 36.6 Å². The second-order valence-corrected chi connectivity index (χ2v) is 8.39. The summed E-state index contributed by atoms with van der Waals surface area (Å²) in [5.74, 6) is 0.917. The highest BCUT2D eigenvalue weighted by Crippen LogP contribution is 2.39. The normalized spacial score (nSPS) is 35.0. The van der Waals surface area contributed by atoms with Gasteiger partial charge in [0, 0.05) is 18.6 Å². The Morgan fingerprint density at radius 2 is 1.75 bits per heavy atom. The maximum Gasteiger partial charge on any atom is 0.00994 e. The predicted octanol–water partition coefficient (Wildman–Crippen LogP) is 3.81. The molecule has 2 aliphatic carbocycles. The van der Waals surface area contributed by atoms with Crippen molar-refractivity contribution < 1.29 is 0 Å². The average Bonchev–Trinajstić information content (AvgIpc) is 3.26. The fourth-order valence-electron chi connectivity index (χ4n) is 4.36. The van der Waals surface area contributed by atoms with Crippen LogP contribution in [0.1, 0.15) is 71.6 Å². The summed E-state index contributed by atoms with van der Waals surface area (Å²) in [5.41, 5.74) is 0.594. The van der Waals surface area contributed by atoms with Gasteiger partial charge in [0.05, 0.1) is 0 Å². The highest BCUT2D eigenvalue weighted by Gasteiger charge is 2.37. The van der Waals surface area contributed by atoms with Crippen molar-refractivity contribution in [3.05, 3.63) is 0 Å². The van der Waals surface area contributed by atoms with Crippen molar-refractivity contribution in [1.29, 1.82) is 0 Å². The van der Waals surface area contributed by atoms with Crippen LogP contribution < -0.4 is 5.32 Å². The van der Waals surface area contributed by atoms with Crippen LogP contribution in [-0.2, 0) is 0 Å². The molecule has 1 aliphatic heterocycles. The topological polar surface area (TPSA) is 15.3 Å². The first-order valence-corrected chi connectivity index (χ1v) is 9.10. The zero-order valence-corrected chi connectivity index (χ0v) is 13.7. The summed E-state index contributed by atoms with van der Waals surface area (Å²) in [6, 6.07) is 1.84. The van der Waals surface area contributed by atoms with Crippen molar-refractivity contribution >= 4 is 0 Å². The molecule has 0 aromatic heterocycles. The van der Waals surface area contributed by atoms with Gasteiger partial charge in [0.2, 0.25) is 0 Å². The smallest absolute Gasteiger partial charge is 0.00994 e. The van der Waals surface area contributed by atoms with Gasteiger partial charge < -0.3 is 5.32 Å². The Morgan fingerprint density at radius 1 is 0.950 bits per heavy atom. The Labute approximate surface area is 125 Å². The molecule has 2 saturated carbocycles. The van der Waals surface area contributed by atoms with Gasteiger partial charge >= 0.3 is 0 Å². The quantitative estimate of drug-likeness (QED) is 0.787. The third-order valence-electron chi connectivity index (χ3n) is 5.90. The van der Waals surface area contributed by atoms with Crippen molar-refractivity contribution in [3.8, 4) is 0 Å². The SMILES string of the molecule is CC1(C)CCCC(N(CC2CCCNC2)C2CC2)CC1. The maximum absolute atomic E-state index is 3.60. The molecule has 0 radical (unpaired) electrons. The minimum Gasteiger partial charge on any atom is -0.316 e. The molecule has 1 saturated heterocycles. The summed E-state index contributed by atoms with van der Waals surface area (Å²) in [5, 5.41) is 3.60. The molecule has 2 heteroatoms. The van der Waals surface area contributed by atoms with Crippen molar-refractivity contribution in [2.75, 3.05) is 19.6 Å². The minimum absolute atomic E-state index is 0.594. The molecular weight excluding hydrogens is 244 g/mol. The molecule has 0 aromatic rings. The van der Waals surface area contributed by atoms with E-state index in [1.807, 2.05) is 0 Å². The molecule has 1 N–H and O–H groups in total. The van der Waals surface area contributed by atoms with Crippen LogP contribution in [0.3, 0.4) is 0 Å². The highest BCUT2D eigenvalue weighted by molar-refractivity contribution is 4.92. The van der Waals surface area contributed by atoms with Crippen molar-refractivity contribution in [2.45, 2.75) is 83.7 Å². The molecule has 3 rings (SSSR count). The van der Waals surface area contributed by atoms with Crippen LogP contribution in [0.25, 0.3) is 0 Å². The third-order valence-corrected chi connectivity index (χ3v) is 5.90. The zero-order valence-electron chi connectivity index (χ0n) is 13.7. The van der Waals surface area contributed by atoms with E-state index < -0.39 is 0 Å². The van der Waals surface area contributed by atoms with Gasteiger partial charge in [0.1, 0.15) is 0 Å². The van der Waals surface area contributed by atoms with Crippen molar-refractivity contribution in [1.82, 2.24) is 10.2 Å². The van der Waals surface area contributed by atoms with E-state index in [0.29, 0.717) is 5.41 Å². The number of hydrogen-bond acceptors (Lipinski definition) is 2. The van der Waals surface area contributed by atoms with Gasteiger partial charge in [-0.1, -0.05) is 20.3 Å². The van der Waals surface area contributed by atoms with Gasteiger partial charge in [-0.3, -0.25) is 4.90 Å². The van der Waals surface area contributed by atoms with Crippen LogP contribution in [0.5, 0.6) is 0 Å². The molecule has 2 nitrogen and oxygen atoms in total. The summed E-state index contributed by atoms with van der Waals surface area (Å²) in [4.78, 5) is 2.94. The van der Waals surface area contributed by atoms with E-state index in [9.17, 15) is 0 Å². The van der Waals surface area contributed by atoms with E-state index in [1.54, 1.807) is 0 Å². The Balaban J connectivity index is 1.58. The Kier molecular flexibility index (Phi) is 4.72. The molecule has 1 heterocycles. The van der Waals surface area contributed by atoms with E-state index in [4.69, 9.17) is 0 Å². The first-order chi connectivity index (χ1) is 9.64. The van der Waals surface area contributed by atoms with E-state index in [1.165, 1.54) is 77.4 Å². The van der Waals surface area contributed by atoms with Crippen LogP contribution in [0.2, 0.25) is 0 Å². The van der Waals surface area contributed by atoms with Gasteiger partial charge in [-0.05, 0) is 75.8 Å². The maximum atomic E-state index is 3.60. The summed E-state index contributed by atoms with van der Waals surface area (Å²) < 4.78 is 0. The molecule has 0 bridgehead atoms. The molecule has 3 fully saturated rings. The number of hydrogen-bond donors (Lipinski definition) is 1. The summed E-state index contributed by atoms with van der Waals surface area (Å²) in [7, 11) is 0. The van der Waals surface area contributed by atoms with Crippen molar-refractivity contribution in [3.63, 3.8) is 0 Å². The Bertz CT molecular complexity index is 303. The third kappa shape index (κ3) is 3.98. The molecule has 116 valence electrons. The lowest BCUT2D eigenvalue weighted by molar-refractivity contribution is 0.130. The standard InChI is InChI=1S/C18H34N2/c1-18(2)10-3-6-16(9-11-18)20(17-7-8-17)14-15-5-4-12-19-13-15/h15-17,19H,3-14H2,1-2H3. The molecular formula is C18H34N2. The van der Waals surface area contributed by atoms with Gasteiger partial charge in [-0.2, -0.15) is 0 Å². The molecule has 0 spiro atoms.